The van der Waals surface area contributed by atoms with Gasteiger partial charge >= 0.3 is 6.09 Å². The molecule has 2 amide bonds. The number of carboxylic acid groups (broad SMARTS) is 1. The maximum atomic E-state index is 15.3. The molecule has 3 aliphatic rings. The quantitative estimate of drug-likeness (QED) is 0.320. The van der Waals surface area contributed by atoms with Crippen molar-refractivity contribution in [1.82, 2.24) is 14.9 Å². The molecule has 0 saturated carbocycles. The number of carbonyl (C=O) groups excluding carboxylic acids is 1. The maximum absolute atomic E-state index is 15.3. The van der Waals surface area contributed by atoms with Gasteiger partial charge in [-0.25, -0.2) is 22.0 Å². The molecule has 3 fully saturated rings. The van der Waals surface area contributed by atoms with Crippen LogP contribution >= 0.6 is 11.6 Å². The Kier molecular flexibility index (Phi) is 10.4. The number of nitrogens with zero attached hydrogens (tertiary/aromatic N) is 1. The third-order valence-electron chi connectivity index (χ3n) is 8.86. The van der Waals surface area contributed by atoms with Gasteiger partial charge in [0.1, 0.15) is 17.7 Å². The lowest BCUT2D eigenvalue weighted by atomic mass is 9.76. The second-order valence-corrected chi connectivity index (χ2v) is 14.2. The second-order valence-electron chi connectivity index (χ2n) is 11.7. The molecule has 1 unspecified atom stereocenters. The van der Waals surface area contributed by atoms with Gasteiger partial charge in [0.05, 0.1) is 5.75 Å². The van der Waals surface area contributed by atoms with Crippen LogP contribution in [-0.4, -0.2) is 80.0 Å². The average molecular weight is 655 g/mol. The highest BCUT2D eigenvalue weighted by atomic mass is 35.5. The minimum Gasteiger partial charge on any atom is -0.465 e. The van der Waals surface area contributed by atoms with Crippen LogP contribution in [0.5, 0.6) is 0 Å². The number of hydrogen-bond donors (Lipinski definition) is 4. The van der Waals surface area contributed by atoms with Crippen molar-refractivity contribution < 1.29 is 36.6 Å². The van der Waals surface area contributed by atoms with E-state index in [0.717, 1.165) is 12.5 Å². The number of fused-ring (bicyclic) bond motifs is 2. The molecule has 2 bridgehead atoms. The lowest BCUT2D eigenvalue weighted by Crippen LogP contribution is -2.57. The molecule has 2 aromatic rings. The molecule has 10 nitrogen and oxygen atoms in total. The van der Waals surface area contributed by atoms with Crippen molar-refractivity contribution in [3.63, 3.8) is 0 Å². The van der Waals surface area contributed by atoms with Crippen molar-refractivity contribution in [3.05, 3.63) is 64.2 Å². The number of rotatable bonds is 9. The van der Waals surface area contributed by atoms with Crippen molar-refractivity contribution in [3.8, 4) is 0 Å². The first kappa shape index (κ1) is 32.6. The lowest BCUT2D eigenvalue weighted by Gasteiger charge is -2.37. The van der Waals surface area contributed by atoms with Crippen molar-refractivity contribution in [2.75, 3.05) is 37.4 Å². The molecular formula is C30H37ClF2N4O6S. The molecule has 5 rings (SSSR count). The van der Waals surface area contributed by atoms with Gasteiger partial charge in [-0.2, -0.15) is 4.31 Å². The van der Waals surface area contributed by atoms with Crippen LogP contribution < -0.4 is 16.0 Å². The Balaban J connectivity index is 1.42. The molecule has 0 radical (unpaired) electrons. The molecule has 0 aliphatic carbocycles. The molecule has 0 spiro atoms. The van der Waals surface area contributed by atoms with Crippen molar-refractivity contribution in [2.45, 2.75) is 62.6 Å². The van der Waals surface area contributed by atoms with Crippen LogP contribution in [0.4, 0.5) is 19.3 Å². The van der Waals surface area contributed by atoms with Gasteiger partial charge in [-0.3, -0.25) is 4.79 Å². The number of amides is 2. The fourth-order valence-electron chi connectivity index (χ4n) is 6.68. The van der Waals surface area contributed by atoms with Crippen LogP contribution in [0.2, 0.25) is 5.02 Å². The van der Waals surface area contributed by atoms with E-state index in [1.165, 1.54) is 4.31 Å². The number of piperazine rings is 1. The summed E-state index contributed by atoms with van der Waals surface area (Å²) in [6.07, 6.45) is 1.29. The smallest absolute Gasteiger partial charge is 0.405 e. The fraction of sp³-hybridized carbons (Fsp3) is 0.533. The Morgan fingerprint density at radius 3 is 2.57 bits per heavy atom. The predicted octanol–water partition coefficient (Wildman–Crippen LogP) is 4.10. The Bertz CT molecular complexity index is 1460. The normalized spacial score (nSPS) is 24.9. The standard InChI is InChI=1S/C30H37ClF2N4O6S/c31-20-5-3-18(4-6-20)27(19-9-11-43-12-10-19)28(36-30(39)40)29(38)35-26-15-21(32)14-25(33)24(26)8-7-23-16-34-22-2-1-13-44(41,42)37(23)17-22/h3-6,14-15,19,22-23,27-28,34,36H,1-2,7-13,16-17H2,(H,35,38)(H,39,40)/t22-,23+,27+,28+/m1/s1. The number of nitrogens with one attached hydrogen (secondary N) is 3. The Morgan fingerprint density at radius 1 is 1.14 bits per heavy atom. The third kappa shape index (κ3) is 7.68. The van der Waals surface area contributed by atoms with Gasteiger partial charge in [0, 0.05) is 66.6 Å². The first-order chi connectivity index (χ1) is 21.0. The summed E-state index contributed by atoms with van der Waals surface area (Å²) in [5, 5.41) is 18.5. The van der Waals surface area contributed by atoms with Gasteiger partial charge in [0.25, 0.3) is 0 Å². The molecule has 0 aromatic heterocycles. The monoisotopic (exact) mass is 654 g/mol. The summed E-state index contributed by atoms with van der Waals surface area (Å²) >= 11 is 6.10. The topological polar surface area (TPSA) is 137 Å². The Hall–Kier alpha value is -2.84. The molecule has 14 heteroatoms. The van der Waals surface area contributed by atoms with E-state index in [4.69, 9.17) is 16.3 Å². The van der Waals surface area contributed by atoms with Crippen LogP contribution in [0.25, 0.3) is 0 Å². The molecule has 3 aliphatic heterocycles. The van der Waals surface area contributed by atoms with Gasteiger partial charge in [0.2, 0.25) is 15.9 Å². The molecule has 2 aromatic carbocycles. The van der Waals surface area contributed by atoms with E-state index in [-0.39, 0.29) is 41.8 Å². The first-order valence-electron chi connectivity index (χ1n) is 14.9. The molecular weight excluding hydrogens is 618 g/mol. The van der Waals surface area contributed by atoms with Crippen molar-refractivity contribution in [2.24, 2.45) is 5.92 Å². The number of halogens is 3. The zero-order valence-corrected chi connectivity index (χ0v) is 25.7. The summed E-state index contributed by atoms with van der Waals surface area (Å²) in [4.78, 5) is 25.8. The van der Waals surface area contributed by atoms with Crippen LogP contribution in [0.3, 0.4) is 0 Å². The van der Waals surface area contributed by atoms with Crippen LogP contribution in [0, 0.1) is 17.6 Å². The molecule has 3 saturated heterocycles. The summed E-state index contributed by atoms with van der Waals surface area (Å²) < 4.78 is 62.6. The van der Waals surface area contributed by atoms with Gasteiger partial charge in [-0.1, -0.05) is 23.7 Å². The summed E-state index contributed by atoms with van der Waals surface area (Å²) in [6, 6.07) is 6.82. The number of benzene rings is 2. The van der Waals surface area contributed by atoms with E-state index in [1.807, 2.05) is 0 Å². The lowest BCUT2D eigenvalue weighted by molar-refractivity contribution is -0.119. The van der Waals surface area contributed by atoms with E-state index in [9.17, 15) is 27.5 Å². The average Bonchev–Trinajstić information content (AvgIpc) is 3.09. The minimum absolute atomic E-state index is 0.0114. The number of hydrogen-bond acceptors (Lipinski definition) is 6. The third-order valence-corrected chi connectivity index (χ3v) is 11.1. The maximum Gasteiger partial charge on any atom is 0.405 e. The van der Waals surface area contributed by atoms with E-state index in [2.05, 4.69) is 16.0 Å². The zero-order valence-electron chi connectivity index (χ0n) is 24.1. The molecule has 5 atom stereocenters. The highest BCUT2D eigenvalue weighted by Gasteiger charge is 2.39. The van der Waals surface area contributed by atoms with Crippen LogP contribution in [0.15, 0.2) is 36.4 Å². The largest absolute Gasteiger partial charge is 0.465 e. The first-order valence-corrected chi connectivity index (χ1v) is 16.8. The fourth-order valence-corrected chi connectivity index (χ4v) is 8.62. The van der Waals surface area contributed by atoms with Crippen molar-refractivity contribution in [1.29, 1.82) is 0 Å². The second kappa shape index (κ2) is 14.1. The summed E-state index contributed by atoms with van der Waals surface area (Å²) in [5.41, 5.74) is 0.562. The number of sulfonamides is 1. The summed E-state index contributed by atoms with van der Waals surface area (Å²) in [6.45, 7) is 1.62. The van der Waals surface area contributed by atoms with Gasteiger partial charge < -0.3 is 25.8 Å². The van der Waals surface area contributed by atoms with Gasteiger partial charge in [0.15, 0.2) is 0 Å². The SMILES string of the molecule is O=C(O)N[C@H](C(=O)Nc1cc(F)cc(F)c1CC[C@H]1CN[C@@H]2CCCS(=O)(=O)N1C2)[C@@H](c1ccc(Cl)cc1)C1CCOCC1. The van der Waals surface area contributed by atoms with Crippen molar-refractivity contribution >= 4 is 39.3 Å². The molecule has 3 heterocycles. The molecule has 240 valence electrons. The van der Waals surface area contributed by atoms with E-state index in [0.29, 0.717) is 62.2 Å². The van der Waals surface area contributed by atoms with Crippen LogP contribution in [0.1, 0.15) is 49.1 Å². The predicted molar refractivity (Wildman–Crippen MR) is 161 cm³/mol. The number of ether oxygens (including phenoxy) is 1. The zero-order chi connectivity index (χ0) is 31.4. The molecule has 44 heavy (non-hydrogen) atoms. The van der Waals surface area contributed by atoms with E-state index < -0.39 is 51.7 Å². The highest BCUT2D eigenvalue weighted by Crippen LogP contribution is 2.36. The van der Waals surface area contributed by atoms with E-state index in [1.54, 1.807) is 24.3 Å². The van der Waals surface area contributed by atoms with Crippen LogP contribution in [-0.2, 0) is 26.0 Å². The summed E-state index contributed by atoms with van der Waals surface area (Å²) in [5.74, 6) is -3.28. The number of anilines is 1. The Morgan fingerprint density at radius 2 is 1.86 bits per heavy atom. The van der Waals surface area contributed by atoms with E-state index >= 15 is 4.39 Å². The minimum atomic E-state index is -3.47. The van der Waals surface area contributed by atoms with Gasteiger partial charge in [-0.15, -0.1) is 0 Å². The molecule has 4 N–H and O–H groups in total. The number of carbonyl (C=O) groups is 2. The Labute approximate surface area is 260 Å². The highest BCUT2D eigenvalue weighted by molar-refractivity contribution is 7.89. The summed E-state index contributed by atoms with van der Waals surface area (Å²) in [7, 11) is -3.47. The van der Waals surface area contributed by atoms with Gasteiger partial charge in [-0.05, 0) is 68.2 Å².